The number of hydrogen-bond donors (Lipinski definition) is 1. The van der Waals surface area contributed by atoms with E-state index >= 15 is 0 Å². The van der Waals surface area contributed by atoms with E-state index in [1.54, 1.807) is 83.6 Å². The second-order valence-corrected chi connectivity index (χ2v) is 13.5. The number of aromatic nitrogens is 6. The lowest BCUT2D eigenvalue weighted by Crippen LogP contribution is -3.00. The Morgan fingerprint density at radius 2 is 1.05 bits per heavy atom. The van der Waals surface area contributed by atoms with E-state index in [1.807, 2.05) is 138 Å². The summed E-state index contributed by atoms with van der Waals surface area (Å²) in [4.78, 5) is 33.6. The molecule has 0 aliphatic carbocycles. The highest BCUT2D eigenvalue weighted by molar-refractivity contribution is 5.93. The summed E-state index contributed by atoms with van der Waals surface area (Å²) < 4.78 is 23.1. The highest BCUT2D eigenvalue weighted by atomic mass is 127. The van der Waals surface area contributed by atoms with Crippen molar-refractivity contribution in [3.05, 3.63) is 200 Å². The Balaban J connectivity index is 0.000000189. The molecule has 0 aliphatic rings. The molecule has 1 atom stereocenters. The fourth-order valence-electron chi connectivity index (χ4n) is 6.05. The maximum absolute atomic E-state index is 11.7. The van der Waals surface area contributed by atoms with Gasteiger partial charge in [-0.25, -0.2) is 4.98 Å². The van der Waals surface area contributed by atoms with Gasteiger partial charge in [-0.2, -0.15) is 4.57 Å². The predicted octanol–water partition coefficient (Wildman–Crippen LogP) is 5.99. The number of pyridine rings is 6. The van der Waals surface area contributed by atoms with Crippen LogP contribution in [-0.4, -0.2) is 64.2 Å². The van der Waals surface area contributed by atoms with Crippen molar-refractivity contribution < 1.29 is 57.4 Å². The number of halogens is 1. The number of hydrogen-bond acceptors (Lipinski definition) is 11. The average Bonchev–Trinajstić information content (AvgIpc) is 3.36. The van der Waals surface area contributed by atoms with Crippen LogP contribution in [0.1, 0.15) is 27.8 Å². The molecule has 2 aromatic carbocycles. The number of aliphatic hydroxyl groups is 1. The molecular formula is C51H47IN6O6. The number of ether oxygens (including phenoxy) is 4. The van der Waals surface area contributed by atoms with Gasteiger partial charge < -0.3 is 48.0 Å². The van der Waals surface area contributed by atoms with Gasteiger partial charge in [0.25, 0.3) is 0 Å². The van der Waals surface area contributed by atoms with E-state index in [0.717, 1.165) is 51.0 Å². The fourth-order valence-corrected chi connectivity index (χ4v) is 6.05. The number of ketones is 1. The SMILES string of the molecule is COc1cc(/C=C/C(O)c2ccccn2)cc(OC)c1.COc1cc(OC)cc(-c2cc(-c3ccccn3)nc(-c3ccccn3)c2)c1.O=C(C[n+]1ccccc1)c1ccccn1.[I-]. The molecule has 12 nitrogen and oxygen atoms in total. The largest absolute Gasteiger partial charge is 1.00 e. The Bertz CT molecular complexity index is 2580. The Kier molecular flexibility index (Phi) is 18.6. The summed E-state index contributed by atoms with van der Waals surface area (Å²) >= 11 is 0. The summed E-state index contributed by atoms with van der Waals surface area (Å²) in [6.45, 7) is 0.331. The summed E-state index contributed by atoms with van der Waals surface area (Å²) in [5.41, 5.74) is 7.11. The van der Waals surface area contributed by atoms with Crippen LogP contribution in [-0.2, 0) is 6.54 Å². The molecule has 6 heterocycles. The van der Waals surface area contributed by atoms with Gasteiger partial charge in [-0.15, -0.1) is 0 Å². The number of aliphatic hydroxyl groups excluding tert-OH is 1. The molecule has 0 radical (unpaired) electrons. The fraction of sp³-hybridized carbons (Fsp3) is 0.118. The molecule has 13 heteroatoms. The maximum atomic E-state index is 11.7. The molecular weight excluding hydrogens is 920 g/mol. The Morgan fingerprint density at radius 3 is 1.52 bits per heavy atom. The zero-order valence-corrected chi connectivity index (χ0v) is 37.9. The minimum Gasteiger partial charge on any atom is -1.00 e. The molecule has 324 valence electrons. The van der Waals surface area contributed by atoms with Crippen LogP contribution in [0.5, 0.6) is 23.0 Å². The van der Waals surface area contributed by atoms with Gasteiger partial charge in [0.1, 0.15) is 34.8 Å². The monoisotopic (exact) mass is 966 g/mol. The molecule has 0 saturated heterocycles. The molecule has 0 saturated carbocycles. The van der Waals surface area contributed by atoms with Gasteiger partial charge >= 0.3 is 0 Å². The van der Waals surface area contributed by atoms with E-state index in [9.17, 15) is 9.90 Å². The van der Waals surface area contributed by atoms with Crippen molar-refractivity contribution in [2.24, 2.45) is 0 Å². The molecule has 8 rings (SSSR count). The second kappa shape index (κ2) is 24.9. The van der Waals surface area contributed by atoms with Crippen LogP contribution in [0.15, 0.2) is 183 Å². The smallest absolute Gasteiger partial charge is 0.245 e. The molecule has 8 aromatic rings. The van der Waals surface area contributed by atoms with E-state index < -0.39 is 6.10 Å². The third-order valence-electron chi connectivity index (χ3n) is 9.25. The maximum Gasteiger partial charge on any atom is 0.245 e. The van der Waals surface area contributed by atoms with Crippen LogP contribution in [0.4, 0.5) is 0 Å². The minimum absolute atomic E-state index is 0. The first kappa shape index (κ1) is 47.7. The van der Waals surface area contributed by atoms with E-state index in [4.69, 9.17) is 23.9 Å². The summed E-state index contributed by atoms with van der Waals surface area (Å²) in [7, 11) is 6.49. The molecule has 64 heavy (non-hydrogen) atoms. The molecule has 0 bridgehead atoms. The van der Waals surface area contributed by atoms with E-state index in [0.29, 0.717) is 29.4 Å². The molecule has 0 fully saturated rings. The highest BCUT2D eigenvalue weighted by Gasteiger charge is 2.13. The Labute approximate surface area is 390 Å². The van der Waals surface area contributed by atoms with Crippen molar-refractivity contribution in [3.8, 4) is 56.9 Å². The van der Waals surface area contributed by atoms with Gasteiger partial charge in [-0.05, 0) is 108 Å². The third kappa shape index (κ3) is 14.1. The van der Waals surface area contributed by atoms with Gasteiger partial charge in [0.15, 0.2) is 12.4 Å². The number of Topliss-reactive ketones (excluding diaryl/α,β-unsaturated/α-hetero) is 1. The Hall–Kier alpha value is -7.36. The number of methoxy groups -OCH3 is 4. The van der Waals surface area contributed by atoms with Gasteiger partial charge in [0.05, 0.1) is 56.9 Å². The predicted molar refractivity (Wildman–Crippen MR) is 242 cm³/mol. The lowest BCUT2D eigenvalue weighted by atomic mass is 10.0. The zero-order chi connectivity index (χ0) is 44.2. The number of carbonyl (C=O) groups is 1. The molecule has 0 amide bonds. The van der Waals surface area contributed by atoms with E-state index in [1.165, 1.54) is 0 Å². The van der Waals surface area contributed by atoms with Crippen molar-refractivity contribution in [1.29, 1.82) is 0 Å². The summed E-state index contributed by atoms with van der Waals surface area (Å²) in [6.07, 6.45) is 13.3. The van der Waals surface area contributed by atoms with Crippen molar-refractivity contribution in [2.75, 3.05) is 28.4 Å². The van der Waals surface area contributed by atoms with E-state index in [2.05, 4.69) is 19.9 Å². The molecule has 0 spiro atoms. The summed E-state index contributed by atoms with van der Waals surface area (Å²) in [5.74, 6) is 2.88. The van der Waals surface area contributed by atoms with Crippen LogP contribution in [0.25, 0.3) is 40.0 Å². The first-order chi connectivity index (χ1) is 30.8. The quantitative estimate of drug-likeness (QED) is 0.0828. The average molecular weight is 967 g/mol. The third-order valence-corrected chi connectivity index (χ3v) is 9.25. The van der Waals surface area contributed by atoms with Crippen molar-refractivity contribution >= 4 is 11.9 Å². The van der Waals surface area contributed by atoms with E-state index in [-0.39, 0.29) is 29.8 Å². The topological polar surface area (TPSA) is 143 Å². The standard InChI is InChI=1S/C23H19N3O2.C16H17NO3.C12H11N2O.HI/c1-27-18-11-16(12-19(15-18)28-2)17-13-22(20-7-3-5-9-24-20)26-23(14-17)21-8-4-6-10-25-21;1-19-13-9-12(10-14(11-13)20-2)6-7-16(18)15-5-3-4-8-17-15;15-12(11-6-2-3-7-13-11)10-14-8-4-1-5-9-14;/h3-15H,1-2H3;3-11,16,18H,1-2H3;1-9H,10H2;1H/q;;+1;/p-1/b;7-6+;;. The van der Waals surface area contributed by atoms with Crippen LogP contribution in [0.2, 0.25) is 0 Å². The van der Waals surface area contributed by atoms with Gasteiger partial charge in [-0.3, -0.25) is 24.7 Å². The van der Waals surface area contributed by atoms with Crippen molar-refractivity contribution in [1.82, 2.24) is 24.9 Å². The number of benzene rings is 2. The zero-order valence-electron chi connectivity index (χ0n) is 35.7. The molecule has 1 N–H and O–H groups in total. The van der Waals surface area contributed by atoms with Gasteiger partial charge in [0, 0.05) is 49.1 Å². The normalized spacial score (nSPS) is 10.8. The number of rotatable bonds is 13. The van der Waals surface area contributed by atoms with Crippen LogP contribution in [0.3, 0.4) is 0 Å². The highest BCUT2D eigenvalue weighted by Crippen LogP contribution is 2.33. The molecule has 6 aromatic heterocycles. The van der Waals surface area contributed by atoms with Gasteiger partial charge in [-0.1, -0.05) is 36.4 Å². The first-order valence-corrected chi connectivity index (χ1v) is 19.8. The van der Waals surface area contributed by atoms with Crippen molar-refractivity contribution in [2.45, 2.75) is 12.6 Å². The molecule has 1 unspecified atom stereocenters. The lowest BCUT2D eigenvalue weighted by molar-refractivity contribution is -0.683. The van der Waals surface area contributed by atoms with Crippen molar-refractivity contribution in [3.63, 3.8) is 0 Å². The number of nitrogens with zero attached hydrogens (tertiary/aromatic N) is 6. The number of carbonyl (C=O) groups excluding carboxylic acids is 1. The molecule has 0 aliphatic heterocycles. The summed E-state index contributed by atoms with van der Waals surface area (Å²) in [5, 5.41) is 10.0. The van der Waals surface area contributed by atoms with Crippen LogP contribution < -0.4 is 47.5 Å². The summed E-state index contributed by atoms with van der Waals surface area (Å²) in [6, 6.07) is 43.4. The van der Waals surface area contributed by atoms with Crippen LogP contribution in [0, 0.1) is 0 Å². The van der Waals surface area contributed by atoms with Crippen LogP contribution >= 0.6 is 0 Å². The Morgan fingerprint density at radius 1 is 0.562 bits per heavy atom. The lowest BCUT2D eigenvalue weighted by Gasteiger charge is -2.12. The first-order valence-electron chi connectivity index (χ1n) is 19.8. The minimum atomic E-state index is -0.742. The van der Waals surface area contributed by atoms with Gasteiger partial charge in [0.2, 0.25) is 12.3 Å². The second-order valence-electron chi connectivity index (χ2n) is 13.5.